The Morgan fingerprint density at radius 3 is 2.84 bits per heavy atom. The smallest absolute Gasteiger partial charge is 0.174 e. The molecule has 0 amide bonds. The Bertz CT molecular complexity index is 831. The molecular formula is C19H19ClN2OS2. The van der Waals surface area contributed by atoms with Gasteiger partial charge in [-0.3, -0.25) is 0 Å². The maximum absolute atomic E-state index is 6.13. The zero-order valence-electron chi connectivity index (χ0n) is 14.0. The highest BCUT2D eigenvalue weighted by Crippen LogP contribution is 2.28. The molecule has 0 aliphatic heterocycles. The van der Waals surface area contributed by atoms with Crippen LogP contribution in [-0.2, 0) is 6.54 Å². The molecule has 0 aliphatic carbocycles. The summed E-state index contributed by atoms with van der Waals surface area (Å²) in [5.41, 5.74) is 2.01. The molecule has 0 saturated carbocycles. The molecule has 25 heavy (non-hydrogen) atoms. The molecule has 0 fully saturated rings. The second-order valence-corrected chi connectivity index (χ2v) is 7.59. The van der Waals surface area contributed by atoms with Gasteiger partial charge < -0.3 is 14.6 Å². The molecular weight excluding hydrogens is 372 g/mol. The van der Waals surface area contributed by atoms with Crippen LogP contribution < -0.4 is 5.32 Å². The Hall–Kier alpha value is -1.82. The highest BCUT2D eigenvalue weighted by molar-refractivity contribution is 7.80. The molecule has 130 valence electrons. The minimum atomic E-state index is 0.129. The highest BCUT2D eigenvalue weighted by atomic mass is 35.5. The number of rotatable bonds is 5. The first-order chi connectivity index (χ1) is 12.0. The molecule has 0 unspecified atom stereocenters. The lowest BCUT2D eigenvalue weighted by Crippen LogP contribution is -2.36. The molecule has 0 aliphatic rings. The van der Waals surface area contributed by atoms with E-state index in [9.17, 15) is 0 Å². The van der Waals surface area contributed by atoms with Gasteiger partial charge in [0.05, 0.1) is 18.8 Å². The molecule has 1 N–H and O–H groups in total. The van der Waals surface area contributed by atoms with Crippen molar-refractivity contribution in [1.29, 1.82) is 0 Å². The van der Waals surface area contributed by atoms with Crippen molar-refractivity contribution in [2.45, 2.75) is 26.4 Å². The number of thiophene rings is 1. The monoisotopic (exact) mass is 390 g/mol. The molecule has 2 heterocycles. The fourth-order valence-corrected chi connectivity index (χ4v) is 3.85. The lowest BCUT2D eigenvalue weighted by atomic mass is 10.2. The molecule has 0 radical (unpaired) electrons. The van der Waals surface area contributed by atoms with Crippen LogP contribution in [0.4, 0.5) is 5.69 Å². The van der Waals surface area contributed by atoms with Gasteiger partial charge in [-0.25, -0.2) is 0 Å². The van der Waals surface area contributed by atoms with E-state index >= 15 is 0 Å². The standard InChI is InChI=1S/C19H19ClN2OS2/c1-13-7-8-15(20)11-17(13)21-19(24)22(12-16-5-3-9-23-16)14(2)18-6-4-10-25-18/h3-11,14H,12H2,1-2H3,(H,21,24)/t14-/m0/s1. The Balaban J connectivity index is 1.84. The van der Waals surface area contributed by atoms with Crippen LogP contribution in [0.1, 0.15) is 29.2 Å². The van der Waals surface area contributed by atoms with Crippen molar-refractivity contribution in [3.05, 3.63) is 75.3 Å². The number of halogens is 1. The van der Waals surface area contributed by atoms with Gasteiger partial charge in [0.1, 0.15) is 5.76 Å². The van der Waals surface area contributed by atoms with Gasteiger partial charge in [0.2, 0.25) is 0 Å². The van der Waals surface area contributed by atoms with E-state index in [-0.39, 0.29) is 6.04 Å². The quantitative estimate of drug-likeness (QED) is 0.520. The summed E-state index contributed by atoms with van der Waals surface area (Å²) in [4.78, 5) is 3.37. The maximum atomic E-state index is 6.13. The number of thiocarbonyl (C=S) groups is 1. The molecule has 6 heteroatoms. The number of anilines is 1. The fraction of sp³-hybridized carbons (Fsp3) is 0.211. The lowest BCUT2D eigenvalue weighted by Gasteiger charge is -2.31. The number of hydrogen-bond donors (Lipinski definition) is 1. The maximum Gasteiger partial charge on any atom is 0.174 e. The van der Waals surface area contributed by atoms with E-state index in [1.54, 1.807) is 17.6 Å². The third-order valence-electron chi connectivity index (χ3n) is 4.03. The Morgan fingerprint density at radius 2 is 2.16 bits per heavy atom. The van der Waals surface area contributed by atoms with E-state index in [0.717, 1.165) is 17.0 Å². The first-order valence-corrected chi connectivity index (χ1v) is 9.60. The molecule has 3 nitrogen and oxygen atoms in total. The largest absolute Gasteiger partial charge is 0.467 e. The first kappa shape index (κ1) is 18.0. The summed E-state index contributed by atoms with van der Waals surface area (Å²) in [6.45, 7) is 4.77. The van der Waals surface area contributed by atoms with Crippen molar-refractivity contribution >= 4 is 46.0 Å². The molecule has 3 aromatic rings. The van der Waals surface area contributed by atoms with E-state index in [0.29, 0.717) is 16.7 Å². The number of nitrogens with zero attached hydrogens (tertiary/aromatic N) is 1. The zero-order valence-corrected chi connectivity index (χ0v) is 16.4. The van der Waals surface area contributed by atoms with Gasteiger partial charge in [-0.1, -0.05) is 23.7 Å². The molecule has 1 aromatic carbocycles. The predicted octanol–water partition coefficient (Wildman–Crippen LogP) is 6.26. The molecule has 2 aromatic heterocycles. The van der Waals surface area contributed by atoms with Crippen LogP contribution in [0.3, 0.4) is 0 Å². The van der Waals surface area contributed by atoms with Crippen molar-refractivity contribution in [2.75, 3.05) is 5.32 Å². The van der Waals surface area contributed by atoms with Crippen LogP contribution in [-0.4, -0.2) is 10.0 Å². The van der Waals surface area contributed by atoms with E-state index < -0.39 is 0 Å². The van der Waals surface area contributed by atoms with Crippen molar-refractivity contribution < 1.29 is 4.42 Å². The summed E-state index contributed by atoms with van der Waals surface area (Å²) in [5.74, 6) is 0.871. The van der Waals surface area contributed by atoms with Crippen molar-refractivity contribution in [2.24, 2.45) is 0 Å². The van der Waals surface area contributed by atoms with Gasteiger partial charge in [-0.2, -0.15) is 0 Å². The summed E-state index contributed by atoms with van der Waals surface area (Å²) >= 11 is 13.6. The molecule has 1 atom stereocenters. The molecule has 0 spiro atoms. The third kappa shape index (κ3) is 4.42. The van der Waals surface area contributed by atoms with E-state index in [4.69, 9.17) is 28.2 Å². The Morgan fingerprint density at radius 1 is 1.32 bits per heavy atom. The van der Waals surface area contributed by atoms with Gasteiger partial charge in [0.25, 0.3) is 0 Å². The summed E-state index contributed by atoms with van der Waals surface area (Å²) in [6.07, 6.45) is 1.68. The second kappa shape index (κ2) is 8.04. The number of benzene rings is 1. The van der Waals surface area contributed by atoms with Crippen molar-refractivity contribution in [3.8, 4) is 0 Å². The zero-order chi connectivity index (χ0) is 17.8. The second-order valence-electron chi connectivity index (χ2n) is 5.79. The highest BCUT2D eigenvalue weighted by Gasteiger charge is 2.21. The topological polar surface area (TPSA) is 28.4 Å². The Labute approximate surface area is 162 Å². The number of nitrogens with one attached hydrogen (secondary N) is 1. The van der Waals surface area contributed by atoms with Crippen molar-refractivity contribution in [1.82, 2.24) is 4.90 Å². The predicted molar refractivity (Wildman–Crippen MR) is 109 cm³/mol. The van der Waals surface area contributed by atoms with E-state index in [1.165, 1.54) is 4.88 Å². The van der Waals surface area contributed by atoms with Gasteiger partial charge in [-0.05, 0) is 67.3 Å². The fourth-order valence-electron chi connectivity index (χ4n) is 2.55. The Kier molecular flexibility index (Phi) is 5.78. The normalized spacial score (nSPS) is 12.0. The lowest BCUT2D eigenvalue weighted by molar-refractivity contribution is 0.306. The number of hydrogen-bond acceptors (Lipinski definition) is 3. The molecule has 3 rings (SSSR count). The SMILES string of the molecule is Cc1ccc(Cl)cc1NC(=S)N(Cc1ccco1)[C@@H](C)c1cccs1. The van der Waals surface area contributed by atoms with Gasteiger partial charge in [-0.15, -0.1) is 11.3 Å². The summed E-state index contributed by atoms with van der Waals surface area (Å²) in [6, 6.07) is 13.9. The molecule has 0 saturated heterocycles. The third-order valence-corrected chi connectivity index (χ3v) is 5.65. The first-order valence-electron chi connectivity index (χ1n) is 7.94. The minimum Gasteiger partial charge on any atom is -0.467 e. The van der Waals surface area contributed by atoms with Crippen molar-refractivity contribution in [3.63, 3.8) is 0 Å². The van der Waals surface area contributed by atoms with Gasteiger partial charge in [0, 0.05) is 15.6 Å². The molecule has 0 bridgehead atoms. The number of furan rings is 1. The van der Waals surface area contributed by atoms with Crippen LogP contribution >= 0.6 is 35.2 Å². The van der Waals surface area contributed by atoms with Gasteiger partial charge >= 0.3 is 0 Å². The van der Waals surface area contributed by atoms with Gasteiger partial charge in [0.15, 0.2) is 5.11 Å². The summed E-state index contributed by atoms with van der Waals surface area (Å²) < 4.78 is 5.53. The average molecular weight is 391 g/mol. The van der Waals surface area contributed by atoms with Crippen LogP contribution in [0.5, 0.6) is 0 Å². The van der Waals surface area contributed by atoms with Crippen LogP contribution in [0.15, 0.2) is 58.5 Å². The van der Waals surface area contributed by atoms with Crippen LogP contribution in [0.2, 0.25) is 5.02 Å². The van der Waals surface area contributed by atoms with E-state index in [1.807, 2.05) is 37.3 Å². The minimum absolute atomic E-state index is 0.129. The summed E-state index contributed by atoms with van der Waals surface area (Å²) in [5, 5.41) is 6.74. The van der Waals surface area contributed by atoms with E-state index in [2.05, 4.69) is 34.7 Å². The average Bonchev–Trinajstić information content (AvgIpc) is 3.28. The summed E-state index contributed by atoms with van der Waals surface area (Å²) in [7, 11) is 0. The number of aryl methyl sites for hydroxylation is 1. The van der Waals surface area contributed by atoms with Crippen LogP contribution in [0, 0.1) is 6.92 Å². The van der Waals surface area contributed by atoms with Crippen LogP contribution in [0.25, 0.3) is 0 Å².